The molecule has 3 nitrogen and oxygen atoms in total. The molecular formula is C8H12N2OS. The zero-order valence-electron chi connectivity index (χ0n) is 7.12. The minimum absolute atomic E-state index is 0.0813. The van der Waals surface area contributed by atoms with Gasteiger partial charge < -0.3 is 4.90 Å². The molecule has 0 saturated carbocycles. The lowest BCUT2D eigenvalue weighted by Gasteiger charge is -2.28. The Hall–Kier alpha value is -0.730. The number of amides is 1. The summed E-state index contributed by atoms with van der Waals surface area (Å²) in [4.78, 5) is 17.1. The van der Waals surface area contributed by atoms with Gasteiger partial charge in [0.05, 0.1) is 17.6 Å². The summed E-state index contributed by atoms with van der Waals surface area (Å²) < 4.78 is 0. The number of likely N-dealkylation sites (tertiary alicyclic amines) is 1. The SMILES string of the molecule is CCN1CCC(N=C=S)CC1=O. The first kappa shape index (κ1) is 9.36. The number of carbonyl (C=O) groups excluding carboxylic acids is 1. The van der Waals surface area contributed by atoms with E-state index in [9.17, 15) is 4.79 Å². The number of hydrogen-bond donors (Lipinski definition) is 0. The Labute approximate surface area is 77.5 Å². The van der Waals surface area contributed by atoms with Gasteiger partial charge in [0.25, 0.3) is 0 Å². The molecule has 0 N–H and O–H groups in total. The molecule has 66 valence electrons. The van der Waals surface area contributed by atoms with E-state index in [4.69, 9.17) is 0 Å². The van der Waals surface area contributed by atoms with Gasteiger partial charge in [-0.2, -0.15) is 0 Å². The van der Waals surface area contributed by atoms with Gasteiger partial charge in [-0.3, -0.25) is 4.79 Å². The van der Waals surface area contributed by atoms with Gasteiger partial charge in [-0.15, -0.1) is 0 Å². The number of nitrogens with zero attached hydrogens (tertiary/aromatic N) is 2. The fourth-order valence-corrected chi connectivity index (χ4v) is 1.53. The number of rotatable bonds is 2. The lowest BCUT2D eigenvalue weighted by Crippen LogP contribution is -2.39. The van der Waals surface area contributed by atoms with Crippen LogP contribution in [0.3, 0.4) is 0 Å². The van der Waals surface area contributed by atoms with Crippen LogP contribution in [-0.2, 0) is 4.79 Å². The van der Waals surface area contributed by atoms with Crippen LogP contribution in [0.4, 0.5) is 0 Å². The first-order chi connectivity index (χ1) is 5.77. The monoisotopic (exact) mass is 184 g/mol. The number of aliphatic imine (C=N–C) groups is 1. The van der Waals surface area contributed by atoms with Crippen LogP contribution in [-0.4, -0.2) is 35.1 Å². The highest BCUT2D eigenvalue weighted by Gasteiger charge is 2.23. The van der Waals surface area contributed by atoms with Crippen molar-refractivity contribution < 1.29 is 4.79 Å². The number of piperidine rings is 1. The van der Waals surface area contributed by atoms with Crippen LogP contribution in [0.1, 0.15) is 19.8 Å². The van der Waals surface area contributed by atoms with E-state index in [1.165, 1.54) is 0 Å². The van der Waals surface area contributed by atoms with Crippen LogP contribution in [0, 0.1) is 0 Å². The number of thiocarbonyl (C=S) groups is 1. The minimum Gasteiger partial charge on any atom is -0.343 e. The standard InChI is InChI=1S/C8H12N2OS/c1-2-10-4-3-7(9-6-12)5-8(10)11/h7H,2-5H2,1H3. The van der Waals surface area contributed by atoms with Gasteiger partial charge in [0, 0.05) is 13.1 Å². The normalized spacial score (nSPS) is 23.6. The van der Waals surface area contributed by atoms with E-state index in [1.54, 1.807) is 0 Å². The molecule has 0 aromatic heterocycles. The van der Waals surface area contributed by atoms with Gasteiger partial charge in [-0.25, -0.2) is 4.99 Å². The quantitative estimate of drug-likeness (QED) is 0.475. The minimum atomic E-state index is 0.0813. The average molecular weight is 184 g/mol. The highest BCUT2D eigenvalue weighted by atomic mass is 32.1. The topological polar surface area (TPSA) is 32.7 Å². The van der Waals surface area contributed by atoms with Gasteiger partial charge in [-0.05, 0) is 25.6 Å². The molecule has 0 aliphatic carbocycles. The van der Waals surface area contributed by atoms with Crippen LogP contribution in [0.2, 0.25) is 0 Å². The van der Waals surface area contributed by atoms with E-state index in [0.29, 0.717) is 6.42 Å². The second-order valence-electron chi connectivity index (χ2n) is 2.84. The molecule has 1 amide bonds. The maximum Gasteiger partial charge on any atom is 0.224 e. The van der Waals surface area contributed by atoms with Gasteiger partial charge in [-0.1, -0.05) is 0 Å². The molecule has 1 aliphatic rings. The Balaban J connectivity index is 2.51. The summed E-state index contributed by atoms with van der Waals surface area (Å²) in [6, 6.07) is 0.0813. The Bertz CT molecular complexity index is 223. The van der Waals surface area contributed by atoms with Gasteiger partial charge >= 0.3 is 0 Å². The lowest BCUT2D eigenvalue weighted by molar-refractivity contribution is -0.133. The molecule has 1 heterocycles. The number of hydrogen-bond acceptors (Lipinski definition) is 3. The van der Waals surface area contributed by atoms with Crippen molar-refractivity contribution in [2.24, 2.45) is 4.99 Å². The second kappa shape index (κ2) is 4.33. The Kier molecular flexibility index (Phi) is 3.38. The summed E-state index contributed by atoms with van der Waals surface area (Å²) in [6.45, 7) is 3.59. The fourth-order valence-electron chi connectivity index (χ4n) is 1.38. The van der Waals surface area contributed by atoms with E-state index < -0.39 is 0 Å². The third-order valence-electron chi connectivity index (χ3n) is 2.11. The van der Waals surface area contributed by atoms with Crippen molar-refractivity contribution in [3.63, 3.8) is 0 Å². The predicted octanol–water partition coefficient (Wildman–Crippen LogP) is 1.10. The first-order valence-electron chi connectivity index (χ1n) is 4.12. The Morgan fingerprint density at radius 3 is 3.08 bits per heavy atom. The summed E-state index contributed by atoms with van der Waals surface area (Å²) in [7, 11) is 0. The van der Waals surface area contributed by atoms with Crippen LogP contribution in [0.25, 0.3) is 0 Å². The van der Waals surface area contributed by atoms with Crippen molar-refractivity contribution in [2.45, 2.75) is 25.8 Å². The van der Waals surface area contributed by atoms with Crippen molar-refractivity contribution >= 4 is 23.3 Å². The molecule has 1 atom stereocenters. The van der Waals surface area contributed by atoms with E-state index >= 15 is 0 Å². The van der Waals surface area contributed by atoms with E-state index in [-0.39, 0.29) is 11.9 Å². The molecule has 4 heteroatoms. The third-order valence-corrected chi connectivity index (χ3v) is 2.22. The Morgan fingerprint density at radius 2 is 2.58 bits per heavy atom. The molecule has 1 saturated heterocycles. The van der Waals surface area contributed by atoms with Gasteiger partial charge in [0.15, 0.2) is 0 Å². The number of carbonyl (C=O) groups is 1. The van der Waals surface area contributed by atoms with Gasteiger partial charge in [0.2, 0.25) is 5.91 Å². The molecule has 0 aromatic carbocycles. The summed E-state index contributed by atoms with van der Waals surface area (Å²) in [5.74, 6) is 0.183. The predicted molar refractivity (Wildman–Crippen MR) is 50.3 cm³/mol. The molecule has 0 aromatic rings. The largest absolute Gasteiger partial charge is 0.343 e. The zero-order chi connectivity index (χ0) is 8.97. The van der Waals surface area contributed by atoms with Crippen LogP contribution in [0.5, 0.6) is 0 Å². The molecule has 1 aliphatic heterocycles. The maximum absolute atomic E-state index is 11.3. The molecule has 0 radical (unpaired) electrons. The van der Waals surface area contributed by atoms with Crippen molar-refractivity contribution in [1.82, 2.24) is 4.90 Å². The molecule has 12 heavy (non-hydrogen) atoms. The van der Waals surface area contributed by atoms with Crippen molar-refractivity contribution in [1.29, 1.82) is 0 Å². The van der Waals surface area contributed by atoms with E-state index in [2.05, 4.69) is 22.4 Å². The molecule has 0 bridgehead atoms. The smallest absolute Gasteiger partial charge is 0.224 e. The number of isothiocyanates is 1. The third kappa shape index (κ3) is 2.13. The van der Waals surface area contributed by atoms with Crippen LogP contribution >= 0.6 is 12.2 Å². The summed E-state index contributed by atoms with van der Waals surface area (Å²) in [5, 5.41) is 2.33. The summed E-state index contributed by atoms with van der Waals surface area (Å²) in [6.07, 6.45) is 1.42. The molecule has 1 fully saturated rings. The fraction of sp³-hybridized carbons (Fsp3) is 0.750. The molecule has 1 rings (SSSR count). The van der Waals surface area contributed by atoms with Crippen molar-refractivity contribution in [3.8, 4) is 0 Å². The summed E-state index contributed by atoms with van der Waals surface area (Å²) >= 11 is 4.49. The molecule has 0 spiro atoms. The molecular weight excluding hydrogens is 172 g/mol. The van der Waals surface area contributed by atoms with Gasteiger partial charge in [0.1, 0.15) is 0 Å². The zero-order valence-corrected chi connectivity index (χ0v) is 7.93. The lowest BCUT2D eigenvalue weighted by atomic mass is 10.1. The Morgan fingerprint density at radius 1 is 1.83 bits per heavy atom. The first-order valence-corrected chi connectivity index (χ1v) is 4.53. The van der Waals surface area contributed by atoms with Crippen LogP contribution in [0.15, 0.2) is 4.99 Å². The molecule has 1 unspecified atom stereocenters. The highest BCUT2D eigenvalue weighted by Crippen LogP contribution is 2.13. The van der Waals surface area contributed by atoms with Crippen molar-refractivity contribution in [2.75, 3.05) is 13.1 Å². The second-order valence-corrected chi connectivity index (χ2v) is 3.02. The maximum atomic E-state index is 11.3. The van der Waals surface area contributed by atoms with Crippen LogP contribution < -0.4 is 0 Å². The van der Waals surface area contributed by atoms with E-state index in [0.717, 1.165) is 19.5 Å². The van der Waals surface area contributed by atoms with Crippen molar-refractivity contribution in [3.05, 3.63) is 0 Å². The average Bonchev–Trinajstić information content (AvgIpc) is 2.05. The summed E-state index contributed by atoms with van der Waals surface area (Å²) in [5.41, 5.74) is 0. The highest BCUT2D eigenvalue weighted by molar-refractivity contribution is 7.78. The van der Waals surface area contributed by atoms with E-state index in [1.807, 2.05) is 11.8 Å².